The van der Waals surface area contributed by atoms with Gasteiger partial charge >= 0.3 is 0 Å². The van der Waals surface area contributed by atoms with Gasteiger partial charge < -0.3 is 5.73 Å². The fraction of sp³-hybridized carbons (Fsp3) is 0.250. The molecular formula is C12H14N4OS. The average molecular weight is 262 g/mol. The number of thiazole rings is 1. The van der Waals surface area contributed by atoms with Crippen LogP contribution in [-0.4, -0.2) is 15.9 Å². The van der Waals surface area contributed by atoms with Crippen molar-refractivity contribution in [3.63, 3.8) is 0 Å². The molecule has 0 aliphatic rings. The maximum Gasteiger partial charge on any atom is 0.259 e. The van der Waals surface area contributed by atoms with Crippen LogP contribution < -0.4 is 11.1 Å². The van der Waals surface area contributed by atoms with E-state index >= 15 is 0 Å². The summed E-state index contributed by atoms with van der Waals surface area (Å²) in [6.07, 6.45) is 1.55. The van der Waals surface area contributed by atoms with Gasteiger partial charge in [0, 0.05) is 23.3 Å². The minimum Gasteiger partial charge on any atom is -0.323 e. The lowest BCUT2D eigenvalue weighted by Gasteiger charge is -2.02. The Kier molecular flexibility index (Phi) is 3.69. The van der Waals surface area contributed by atoms with Crippen LogP contribution in [0.2, 0.25) is 0 Å². The van der Waals surface area contributed by atoms with Crippen molar-refractivity contribution in [1.29, 1.82) is 0 Å². The fourth-order valence-corrected chi connectivity index (χ4v) is 2.13. The molecule has 1 unspecified atom stereocenters. The van der Waals surface area contributed by atoms with Crippen molar-refractivity contribution in [3.05, 3.63) is 40.7 Å². The third kappa shape index (κ3) is 2.91. The van der Waals surface area contributed by atoms with Crippen molar-refractivity contribution < 1.29 is 4.79 Å². The number of carbonyl (C=O) groups excluding carboxylic acids is 1. The maximum absolute atomic E-state index is 11.9. The molecule has 94 valence electrons. The van der Waals surface area contributed by atoms with E-state index in [1.807, 2.05) is 19.2 Å². The van der Waals surface area contributed by atoms with Crippen LogP contribution >= 0.6 is 11.3 Å². The second-order valence-corrected chi connectivity index (χ2v) is 4.87. The number of amides is 1. The molecule has 2 heterocycles. The molecule has 0 aliphatic carbocycles. The van der Waals surface area contributed by atoms with Crippen molar-refractivity contribution in [2.45, 2.75) is 19.9 Å². The van der Waals surface area contributed by atoms with Gasteiger partial charge in [-0.3, -0.25) is 15.1 Å². The maximum atomic E-state index is 11.9. The molecule has 0 saturated heterocycles. The normalized spacial score (nSPS) is 12.2. The predicted octanol–water partition coefficient (Wildman–Crippen LogP) is 2.12. The Morgan fingerprint density at radius 3 is 2.83 bits per heavy atom. The van der Waals surface area contributed by atoms with E-state index in [2.05, 4.69) is 15.3 Å². The topological polar surface area (TPSA) is 80.9 Å². The van der Waals surface area contributed by atoms with Crippen molar-refractivity contribution in [3.8, 4) is 0 Å². The zero-order chi connectivity index (χ0) is 13.1. The molecule has 3 N–H and O–H groups in total. The molecule has 0 radical (unpaired) electrons. The summed E-state index contributed by atoms with van der Waals surface area (Å²) < 4.78 is 0. The van der Waals surface area contributed by atoms with Crippen LogP contribution in [0.5, 0.6) is 0 Å². The van der Waals surface area contributed by atoms with Crippen molar-refractivity contribution in [2.75, 3.05) is 5.32 Å². The molecular weight excluding hydrogens is 248 g/mol. The largest absolute Gasteiger partial charge is 0.323 e. The highest BCUT2D eigenvalue weighted by atomic mass is 32.1. The number of pyridine rings is 1. The van der Waals surface area contributed by atoms with E-state index in [1.165, 1.54) is 11.3 Å². The molecule has 2 aromatic rings. The summed E-state index contributed by atoms with van der Waals surface area (Å²) in [5.74, 6) is -0.215. The SMILES string of the molecule is Cc1ccc(C(=O)Nc2nc(C(C)N)cs2)cn1. The van der Waals surface area contributed by atoms with Crippen LogP contribution in [-0.2, 0) is 0 Å². The summed E-state index contributed by atoms with van der Waals surface area (Å²) in [4.78, 5) is 20.2. The highest BCUT2D eigenvalue weighted by molar-refractivity contribution is 7.14. The van der Waals surface area contributed by atoms with E-state index in [-0.39, 0.29) is 11.9 Å². The molecule has 6 heteroatoms. The quantitative estimate of drug-likeness (QED) is 0.887. The number of nitrogens with one attached hydrogen (secondary N) is 1. The molecule has 1 atom stereocenters. The molecule has 0 bridgehead atoms. The molecule has 0 saturated carbocycles. The Morgan fingerprint density at radius 1 is 1.50 bits per heavy atom. The van der Waals surface area contributed by atoms with Gasteiger partial charge in [0.15, 0.2) is 5.13 Å². The lowest BCUT2D eigenvalue weighted by molar-refractivity contribution is 0.102. The molecule has 1 amide bonds. The van der Waals surface area contributed by atoms with Crippen LogP contribution in [0.4, 0.5) is 5.13 Å². The lowest BCUT2D eigenvalue weighted by atomic mass is 10.2. The Bertz CT molecular complexity index is 547. The monoisotopic (exact) mass is 262 g/mol. The molecule has 2 aromatic heterocycles. The highest BCUT2D eigenvalue weighted by Crippen LogP contribution is 2.19. The summed E-state index contributed by atoms with van der Waals surface area (Å²) >= 11 is 1.36. The minimum atomic E-state index is -0.215. The van der Waals surface area contributed by atoms with Gasteiger partial charge in [-0.1, -0.05) is 0 Å². The first-order valence-electron chi connectivity index (χ1n) is 5.51. The number of carbonyl (C=O) groups is 1. The summed E-state index contributed by atoms with van der Waals surface area (Å²) in [6, 6.07) is 3.40. The van der Waals surface area contributed by atoms with Crippen LogP contribution in [0.15, 0.2) is 23.7 Å². The lowest BCUT2D eigenvalue weighted by Crippen LogP contribution is -2.12. The van der Waals surface area contributed by atoms with E-state index < -0.39 is 0 Å². The van der Waals surface area contributed by atoms with Crippen molar-refractivity contribution in [2.24, 2.45) is 5.73 Å². The Labute approximate surface area is 109 Å². The number of nitrogens with zero attached hydrogens (tertiary/aromatic N) is 2. The third-order valence-corrected chi connectivity index (χ3v) is 3.16. The number of hydrogen-bond donors (Lipinski definition) is 2. The summed E-state index contributed by atoms with van der Waals surface area (Å²) in [5.41, 5.74) is 7.87. The number of aromatic nitrogens is 2. The number of nitrogens with two attached hydrogens (primary N) is 1. The smallest absolute Gasteiger partial charge is 0.259 e. The molecule has 2 rings (SSSR count). The fourth-order valence-electron chi connectivity index (χ4n) is 1.32. The van der Waals surface area contributed by atoms with Gasteiger partial charge in [-0.25, -0.2) is 4.98 Å². The van der Waals surface area contributed by atoms with Crippen LogP contribution in [0, 0.1) is 6.92 Å². The van der Waals surface area contributed by atoms with Gasteiger partial charge in [0.2, 0.25) is 0 Å². The zero-order valence-electron chi connectivity index (χ0n) is 10.2. The van der Waals surface area contributed by atoms with Crippen molar-refractivity contribution in [1.82, 2.24) is 9.97 Å². The van der Waals surface area contributed by atoms with Gasteiger partial charge in [-0.2, -0.15) is 0 Å². The first-order valence-corrected chi connectivity index (χ1v) is 6.39. The van der Waals surface area contributed by atoms with Crippen LogP contribution in [0.3, 0.4) is 0 Å². The predicted molar refractivity (Wildman–Crippen MR) is 71.6 cm³/mol. The third-order valence-electron chi connectivity index (χ3n) is 2.38. The van der Waals surface area contributed by atoms with E-state index in [1.54, 1.807) is 18.3 Å². The zero-order valence-corrected chi connectivity index (χ0v) is 11.0. The number of hydrogen-bond acceptors (Lipinski definition) is 5. The molecule has 18 heavy (non-hydrogen) atoms. The average Bonchev–Trinajstić information content (AvgIpc) is 2.78. The summed E-state index contributed by atoms with van der Waals surface area (Å²) in [7, 11) is 0. The first-order chi connectivity index (χ1) is 8.56. The minimum absolute atomic E-state index is 0.132. The standard InChI is InChI=1S/C12H14N4OS/c1-7-3-4-9(5-14-7)11(17)16-12-15-10(6-18-12)8(2)13/h3-6,8H,13H2,1-2H3,(H,15,16,17). The first kappa shape index (κ1) is 12.7. The number of rotatable bonds is 3. The molecule has 0 spiro atoms. The Morgan fingerprint density at radius 2 is 2.28 bits per heavy atom. The van der Waals surface area contributed by atoms with Gasteiger partial charge in [0.05, 0.1) is 11.3 Å². The summed E-state index contributed by atoms with van der Waals surface area (Å²) in [6.45, 7) is 3.72. The van der Waals surface area contributed by atoms with E-state index in [9.17, 15) is 4.79 Å². The molecule has 0 aliphatic heterocycles. The van der Waals surface area contributed by atoms with Gasteiger partial charge in [-0.05, 0) is 26.0 Å². The van der Waals surface area contributed by atoms with Crippen LogP contribution in [0.1, 0.15) is 34.7 Å². The van der Waals surface area contributed by atoms with E-state index in [0.717, 1.165) is 11.4 Å². The van der Waals surface area contributed by atoms with Crippen LogP contribution in [0.25, 0.3) is 0 Å². The molecule has 0 fully saturated rings. The van der Waals surface area contributed by atoms with E-state index in [0.29, 0.717) is 10.7 Å². The summed E-state index contributed by atoms with van der Waals surface area (Å²) in [5, 5.41) is 5.12. The van der Waals surface area contributed by atoms with Gasteiger partial charge in [0.25, 0.3) is 5.91 Å². The number of aryl methyl sites for hydroxylation is 1. The van der Waals surface area contributed by atoms with Crippen molar-refractivity contribution >= 4 is 22.4 Å². The van der Waals surface area contributed by atoms with E-state index in [4.69, 9.17) is 5.73 Å². The van der Waals surface area contributed by atoms with Gasteiger partial charge in [-0.15, -0.1) is 11.3 Å². The Hall–Kier alpha value is -1.79. The second kappa shape index (κ2) is 5.24. The molecule has 5 nitrogen and oxygen atoms in total. The second-order valence-electron chi connectivity index (χ2n) is 4.01. The number of anilines is 1. The highest BCUT2D eigenvalue weighted by Gasteiger charge is 2.10. The van der Waals surface area contributed by atoms with Gasteiger partial charge in [0.1, 0.15) is 0 Å². The molecule has 0 aromatic carbocycles. The Balaban J connectivity index is 2.08.